The van der Waals surface area contributed by atoms with Crippen LogP contribution < -0.4 is 5.32 Å². The van der Waals surface area contributed by atoms with Crippen molar-refractivity contribution < 1.29 is 14.7 Å². The fraction of sp³-hybridized carbons (Fsp3) is 0.818. The zero-order valence-corrected chi connectivity index (χ0v) is 10.5. The van der Waals surface area contributed by atoms with Gasteiger partial charge in [0, 0.05) is 38.8 Å². The van der Waals surface area contributed by atoms with Crippen LogP contribution in [-0.2, 0) is 9.59 Å². The number of rotatable bonds is 3. The number of hydrogen-bond acceptors (Lipinski definition) is 4. The highest BCUT2D eigenvalue weighted by atomic mass is 16.3. The number of aliphatic hydroxyl groups excluding tert-OH is 1. The Hall–Kier alpha value is -1.14. The first-order chi connectivity index (χ1) is 8.04. The molecule has 1 aliphatic rings. The summed E-state index contributed by atoms with van der Waals surface area (Å²) in [6, 6.07) is -0.0258. The zero-order chi connectivity index (χ0) is 12.8. The Labute approximate surface area is 102 Å². The van der Waals surface area contributed by atoms with Crippen LogP contribution in [0.5, 0.6) is 0 Å². The number of nitrogens with zero attached hydrogens (tertiary/aromatic N) is 2. The van der Waals surface area contributed by atoms with Gasteiger partial charge in [0.15, 0.2) is 0 Å². The van der Waals surface area contributed by atoms with Crippen molar-refractivity contribution in [3.05, 3.63) is 0 Å². The lowest BCUT2D eigenvalue weighted by Crippen LogP contribution is -2.53. The van der Waals surface area contributed by atoms with Crippen molar-refractivity contribution in [3.8, 4) is 0 Å². The smallest absolute Gasteiger partial charge is 0.311 e. The normalized spacial score (nSPS) is 17.3. The third-order valence-corrected chi connectivity index (χ3v) is 2.69. The molecule has 17 heavy (non-hydrogen) atoms. The molecule has 1 rings (SSSR count). The molecule has 0 saturated carbocycles. The van der Waals surface area contributed by atoms with E-state index in [1.165, 1.54) is 0 Å². The molecule has 2 N–H and O–H groups in total. The average molecular weight is 243 g/mol. The third kappa shape index (κ3) is 4.32. The Bertz CT molecular complexity index is 273. The molecular weight excluding hydrogens is 222 g/mol. The molecule has 0 aromatic carbocycles. The minimum absolute atomic E-state index is 0.0258. The first kappa shape index (κ1) is 13.9. The van der Waals surface area contributed by atoms with Gasteiger partial charge in [0.1, 0.15) is 0 Å². The maximum Gasteiger partial charge on any atom is 0.311 e. The van der Waals surface area contributed by atoms with Gasteiger partial charge in [-0.1, -0.05) is 0 Å². The van der Waals surface area contributed by atoms with Crippen molar-refractivity contribution in [3.63, 3.8) is 0 Å². The fourth-order valence-electron chi connectivity index (χ4n) is 1.78. The lowest BCUT2D eigenvalue weighted by atomic mass is 10.3. The van der Waals surface area contributed by atoms with Gasteiger partial charge < -0.3 is 15.3 Å². The highest BCUT2D eigenvalue weighted by Crippen LogP contribution is 2.01. The van der Waals surface area contributed by atoms with Crippen molar-refractivity contribution in [1.82, 2.24) is 15.1 Å². The van der Waals surface area contributed by atoms with Gasteiger partial charge in [0.05, 0.1) is 6.61 Å². The Morgan fingerprint density at radius 2 is 1.82 bits per heavy atom. The van der Waals surface area contributed by atoms with Gasteiger partial charge in [0.2, 0.25) is 0 Å². The van der Waals surface area contributed by atoms with Crippen molar-refractivity contribution in [2.24, 2.45) is 0 Å². The van der Waals surface area contributed by atoms with Crippen LogP contribution in [0.1, 0.15) is 13.8 Å². The Kier molecular flexibility index (Phi) is 5.37. The number of carbonyl (C=O) groups excluding carboxylic acids is 2. The summed E-state index contributed by atoms with van der Waals surface area (Å²) in [5.74, 6) is -0.988. The molecule has 1 aliphatic heterocycles. The zero-order valence-electron chi connectivity index (χ0n) is 10.5. The number of β-amino-alcohol motifs (C(OH)–C–C–N with tert-alkyl or cyclic N) is 1. The number of aliphatic hydroxyl groups is 1. The maximum absolute atomic E-state index is 11.7. The van der Waals surface area contributed by atoms with Gasteiger partial charge in [-0.25, -0.2) is 0 Å². The standard InChI is InChI=1S/C11H21N3O3/c1-9(2)12-10(16)11(17)14-5-3-13(4-6-14)7-8-15/h9,15H,3-8H2,1-2H3,(H,12,16). The quantitative estimate of drug-likeness (QED) is 0.601. The highest BCUT2D eigenvalue weighted by molar-refractivity contribution is 6.35. The van der Waals surface area contributed by atoms with Gasteiger partial charge in [-0.05, 0) is 13.8 Å². The van der Waals surface area contributed by atoms with Gasteiger partial charge in [-0.2, -0.15) is 0 Å². The molecule has 0 atom stereocenters. The average Bonchev–Trinajstić information content (AvgIpc) is 2.28. The minimum Gasteiger partial charge on any atom is -0.395 e. The van der Waals surface area contributed by atoms with E-state index in [1.54, 1.807) is 4.90 Å². The molecule has 2 amide bonds. The van der Waals surface area contributed by atoms with Gasteiger partial charge in [-0.3, -0.25) is 14.5 Å². The van der Waals surface area contributed by atoms with Crippen LogP contribution >= 0.6 is 0 Å². The second-order valence-electron chi connectivity index (χ2n) is 4.49. The number of hydrogen-bond donors (Lipinski definition) is 2. The molecule has 6 nitrogen and oxygen atoms in total. The monoisotopic (exact) mass is 243 g/mol. The van der Waals surface area contributed by atoms with Gasteiger partial charge in [-0.15, -0.1) is 0 Å². The molecule has 0 unspecified atom stereocenters. The Balaban J connectivity index is 2.37. The van der Waals surface area contributed by atoms with Crippen LogP contribution in [0, 0.1) is 0 Å². The second-order valence-corrected chi connectivity index (χ2v) is 4.49. The Morgan fingerprint density at radius 1 is 1.24 bits per heavy atom. The summed E-state index contributed by atoms with van der Waals surface area (Å²) >= 11 is 0. The first-order valence-electron chi connectivity index (χ1n) is 5.97. The lowest BCUT2D eigenvalue weighted by Gasteiger charge is -2.34. The number of nitrogens with one attached hydrogen (secondary N) is 1. The second kappa shape index (κ2) is 6.56. The highest BCUT2D eigenvalue weighted by Gasteiger charge is 2.25. The van der Waals surface area contributed by atoms with Crippen LogP contribution in [0.2, 0.25) is 0 Å². The van der Waals surface area contributed by atoms with Crippen LogP contribution in [0.15, 0.2) is 0 Å². The van der Waals surface area contributed by atoms with E-state index in [0.717, 1.165) is 0 Å². The summed E-state index contributed by atoms with van der Waals surface area (Å²) in [5, 5.41) is 11.4. The molecule has 1 fully saturated rings. The van der Waals surface area contributed by atoms with E-state index in [2.05, 4.69) is 10.2 Å². The molecule has 1 saturated heterocycles. The maximum atomic E-state index is 11.7. The van der Waals surface area contributed by atoms with E-state index in [1.807, 2.05) is 13.8 Å². The van der Waals surface area contributed by atoms with E-state index in [4.69, 9.17) is 5.11 Å². The van der Waals surface area contributed by atoms with Crippen molar-refractivity contribution in [1.29, 1.82) is 0 Å². The molecule has 0 aromatic heterocycles. The largest absolute Gasteiger partial charge is 0.395 e. The van der Waals surface area contributed by atoms with Crippen LogP contribution in [0.4, 0.5) is 0 Å². The summed E-state index contributed by atoms with van der Waals surface area (Å²) in [5.41, 5.74) is 0. The van der Waals surface area contributed by atoms with Crippen LogP contribution in [0.25, 0.3) is 0 Å². The fourth-order valence-corrected chi connectivity index (χ4v) is 1.78. The van der Waals surface area contributed by atoms with Crippen LogP contribution in [-0.4, -0.2) is 72.1 Å². The molecule has 1 heterocycles. The molecule has 6 heteroatoms. The van der Waals surface area contributed by atoms with Gasteiger partial charge in [0.25, 0.3) is 0 Å². The molecule has 98 valence electrons. The number of amides is 2. The molecule has 0 bridgehead atoms. The molecule has 0 aromatic rings. The summed E-state index contributed by atoms with van der Waals surface area (Å²) in [6.07, 6.45) is 0. The molecular formula is C11H21N3O3. The SMILES string of the molecule is CC(C)NC(=O)C(=O)N1CCN(CCO)CC1. The number of piperazine rings is 1. The molecule has 0 radical (unpaired) electrons. The minimum atomic E-state index is -0.532. The molecule has 0 aliphatic carbocycles. The lowest BCUT2D eigenvalue weighted by molar-refractivity contribution is -0.147. The van der Waals surface area contributed by atoms with E-state index < -0.39 is 11.8 Å². The van der Waals surface area contributed by atoms with E-state index in [9.17, 15) is 9.59 Å². The van der Waals surface area contributed by atoms with Crippen molar-refractivity contribution >= 4 is 11.8 Å². The first-order valence-corrected chi connectivity index (χ1v) is 5.97. The topological polar surface area (TPSA) is 72.9 Å². The van der Waals surface area contributed by atoms with E-state index >= 15 is 0 Å². The predicted octanol–water partition coefficient (Wildman–Crippen LogP) is -1.35. The third-order valence-electron chi connectivity index (χ3n) is 2.69. The van der Waals surface area contributed by atoms with Gasteiger partial charge >= 0.3 is 11.8 Å². The number of carbonyl (C=O) groups is 2. The van der Waals surface area contributed by atoms with E-state index in [-0.39, 0.29) is 12.6 Å². The van der Waals surface area contributed by atoms with E-state index in [0.29, 0.717) is 32.7 Å². The van der Waals surface area contributed by atoms with Crippen LogP contribution in [0.3, 0.4) is 0 Å². The summed E-state index contributed by atoms with van der Waals surface area (Å²) in [7, 11) is 0. The van der Waals surface area contributed by atoms with Crippen molar-refractivity contribution in [2.75, 3.05) is 39.3 Å². The summed E-state index contributed by atoms with van der Waals surface area (Å²) in [6.45, 7) is 6.91. The van der Waals surface area contributed by atoms with Crippen molar-refractivity contribution in [2.45, 2.75) is 19.9 Å². The molecule has 0 spiro atoms. The summed E-state index contributed by atoms with van der Waals surface area (Å²) < 4.78 is 0. The summed E-state index contributed by atoms with van der Waals surface area (Å²) in [4.78, 5) is 26.9. The Morgan fingerprint density at radius 3 is 2.29 bits per heavy atom. The predicted molar refractivity (Wildman–Crippen MR) is 63.4 cm³/mol.